The molecule has 0 saturated carbocycles. The molecule has 110 valence electrons. The Morgan fingerprint density at radius 2 is 1.60 bits per heavy atom. The van der Waals surface area contributed by atoms with Crippen LogP contribution in [0.1, 0.15) is 0 Å². The summed E-state index contributed by atoms with van der Waals surface area (Å²) in [5.41, 5.74) is 8.94. The first-order valence-electron chi connectivity index (χ1n) is 5.19. The Bertz CT molecular complexity index is 460. The second-order valence-electron chi connectivity index (χ2n) is 3.40. The summed E-state index contributed by atoms with van der Waals surface area (Å²) >= 11 is 0. The second kappa shape index (κ2) is 8.45. The number of hydrogen-bond donors (Lipinski definition) is 5. The zero-order chi connectivity index (χ0) is 15.7. The summed E-state index contributed by atoms with van der Waals surface area (Å²) in [6, 6.07) is 7.74. The van der Waals surface area contributed by atoms with Crippen LogP contribution in [0, 0.1) is 5.41 Å². The topological polar surface area (TPSA) is 183 Å². The molecule has 0 aromatic heterocycles. The van der Waals surface area contributed by atoms with E-state index in [9.17, 15) is 14.7 Å². The van der Waals surface area contributed by atoms with E-state index >= 15 is 0 Å². The number of nitrogens with two attached hydrogens (primary N) is 2. The third-order valence-corrected chi connectivity index (χ3v) is 1.74. The number of rotatable bonds is 4. The number of aliphatic hydroxyl groups is 2. The number of hydrogen-bond acceptors (Lipinski definition) is 7. The molecule has 0 aliphatic carbocycles. The minimum atomic E-state index is -2.31. The zero-order valence-corrected chi connectivity index (χ0v) is 10.2. The van der Waals surface area contributed by atoms with Gasteiger partial charge in [0.05, 0.1) is 5.97 Å². The number of carboxylic acid groups (broad SMARTS) is 1. The van der Waals surface area contributed by atoms with Crippen LogP contribution in [0.15, 0.2) is 30.3 Å². The highest BCUT2D eigenvalue weighted by molar-refractivity contribution is 5.84. The van der Waals surface area contributed by atoms with Crippen molar-refractivity contribution in [2.45, 2.75) is 12.2 Å². The maximum absolute atomic E-state index is 11.1. The lowest BCUT2D eigenvalue weighted by molar-refractivity contribution is -0.318. The Hall–Kier alpha value is -2.65. The van der Waals surface area contributed by atoms with Gasteiger partial charge in [0, 0.05) is 0 Å². The van der Waals surface area contributed by atoms with Gasteiger partial charge in [-0.2, -0.15) is 0 Å². The molecular weight excluding hydrogens is 270 g/mol. The smallest absolute Gasteiger partial charge is 0.343 e. The van der Waals surface area contributed by atoms with Crippen LogP contribution in [0.4, 0.5) is 0 Å². The number of ether oxygens (including phenoxy) is 1. The molecule has 9 nitrogen and oxygen atoms in total. The van der Waals surface area contributed by atoms with Crippen LogP contribution < -0.4 is 21.3 Å². The van der Waals surface area contributed by atoms with Crippen molar-refractivity contribution in [1.82, 2.24) is 0 Å². The summed E-state index contributed by atoms with van der Waals surface area (Å²) in [4.78, 5) is 21.3. The molecule has 0 amide bonds. The largest absolute Gasteiger partial charge is 0.547 e. The number of carbonyl (C=O) groups is 2. The molecule has 0 fully saturated rings. The number of para-hydroxylation sites is 1. The molecule has 0 aliphatic rings. The molecular formula is C11H14N3O6-. The van der Waals surface area contributed by atoms with E-state index in [-0.39, 0.29) is 11.7 Å². The van der Waals surface area contributed by atoms with Crippen molar-refractivity contribution in [1.29, 1.82) is 5.41 Å². The van der Waals surface area contributed by atoms with Gasteiger partial charge in [-0.15, -0.1) is 0 Å². The van der Waals surface area contributed by atoms with Crippen LogP contribution in [0.3, 0.4) is 0 Å². The lowest BCUT2D eigenvalue weighted by Gasteiger charge is -2.16. The van der Waals surface area contributed by atoms with Gasteiger partial charge in [0.15, 0.2) is 12.1 Å². The average Bonchev–Trinajstić information content (AvgIpc) is 2.37. The molecule has 0 radical (unpaired) electrons. The predicted molar refractivity (Wildman–Crippen MR) is 65.2 cm³/mol. The van der Waals surface area contributed by atoms with Crippen LogP contribution in [0.5, 0.6) is 5.75 Å². The zero-order valence-electron chi connectivity index (χ0n) is 10.2. The first kappa shape index (κ1) is 17.4. The van der Waals surface area contributed by atoms with E-state index in [1.54, 1.807) is 18.2 Å². The summed E-state index contributed by atoms with van der Waals surface area (Å²) in [7, 11) is 0. The average molecular weight is 284 g/mol. The number of carboxylic acids is 1. The van der Waals surface area contributed by atoms with E-state index in [2.05, 4.69) is 16.2 Å². The Kier molecular flexibility index (Phi) is 7.33. The third kappa shape index (κ3) is 6.93. The SMILES string of the molecule is N=C(N)N.O=C([O-])C(O)C(O)C(=O)Oc1ccccc1. The standard InChI is InChI=1S/C10H10O6.CH5N3/c11-7(9(13)14)8(12)10(15)16-6-4-2-1-3-5-6;2-1(3)4/h1-5,7-8,11-12H,(H,13,14);(H5,2,3,4)/p-1. The highest BCUT2D eigenvalue weighted by Gasteiger charge is 2.27. The van der Waals surface area contributed by atoms with Gasteiger partial charge >= 0.3 is 5.97 Å². The third-order valence-electron chi connectivity index (χ3n) is 1.74. The normalized spacial score (nSPS) is 12.3. The molecule has 0 heterocycles. The monoisotopic (exact) mass is 284 g/mol. The molecule has 1 aromatic carbocycles. The Morgan fingerprint density at radius 1 is 1.15 bits per heavy atom. The highest BCUT2D eigenvalue weighted by Crippen LogP contribution is 2.10. The number of esters is 1. The van der Waals surface area contributed by atoms with Crippen molar-refractivity contribution in [2.24, 2.45) is 11.5 Å². The molecule has 0 saturated heterocycles. The molecule has 20 heavy (non-hydrogen) atoms. The van der Waals surface area contributed by atoms with E-state index < -0.39 is 24.1 Å². The van der Waals surface area contributed by atoms with Gasteiger partial charge in [-0.05, 0) is 12.1 Å². The van der Waals surface area contributed by atoms with E-state index in [0.717, 1.165) is 0 Å². The summed E-state index contributed by atoms with van der Waals surface area (Å²) in [6.07, 6.45) is -4.48. The molecule has 1 aromatic rings. The highest BCUT2D eigenvalue weighted by atomic mass is 16.6. The van der Waals surface area contributed by atoms with Crippen molar-refractivity contribution < 1.29 is 29.6 Å². The molecule has 2 atom stereocenters. The van der Waals surface area contributed by atoms with Crippen molar-refractivity contribution in [2.75, 3.05) is 0 Å². The number of guanidine groups is 1. The van der Waals surface area contributed by atoms with Crippen LogP contribution in [0.25, 0.3) is 0 Å². The first-order chi connectivity index (χ1) is 9.25. The van der Waals surface area contributed by atoms with Gasteiger partial charge in [0.25, 0.3) is 0 Å². The second-order valence-corrected chi connectivity index (χ2v) is 3.40. The fraction of sp³-hybridized carbons (Fsp3) is 0.182. The number of aliphatic carboxylic acids is 1. The summed E-state index contributed by atoms with van der Waals surface area (Å²) < 4.78 is 4.61. The van der Waals surface area contributed by atoms with Gasteiger partial charge in [-0.25, -0.2) is 4.79 Å². The number of aliphatic hydroxyl groups excluding tert-OH is 2. The fourth-order valence-corrected chi connectivity index (χ4v) is 0.923. The van der Waals surface area contributed by atoms with E-state index in [0.29, 0.717) is 0 Å². The van der Waals surface area contributed by atoms with Crippen molar-refractivity contribution >= 4 is 17.9 Å². The Morgan fingerprint density at radius 3 is 2.00 bits per heavy atom. The fourth-order valence-electron chi connectivity index (χ4n) is 0.923. The van der Waals surface area contributed by atoms with Crippen LogP contribution >= 0.6 is 0 Å². The van der Waals surface area contributed by atoms with Crippen LogP contribution in [-0.4, -0.2) is 40.3 Å². The minimum absolute atomic E-state index is 0.136. The Labute approximate surface area is 113 Å². The summed E-state index contributed by atoms with van der Waals surface area (Å²) in [5, 5.41) is 34.1. The van der Waals surface area contributed by atoms with Gasteiger partial charge < -0.3 is 36.3 Å². The van der Waals surface area contributed by atoms with E-state index in [1.807, 2.05) is 0 Å². The molecule has 0 spiro atoms. The van der Waals surface area contributed by atoms with Gasteiger partial charge in [0.1, 0.15) is 11.9 Å². The molecule has 2 unspecified atom stereocenters. The van der Waals surface area contributed by atoms with Crippen molar-refractivity contribution in [3.63, 3.8) is 0 Å². The predicted octanol–water partition coefficient (Wildman–Crippen LogP) is -3.10. The van der Waals surface area contributed by atoms with Crippen LogP contribution in [0.2, 0.25) is 0 Å². The lowest BCUT2D eigenvalue weighted by atomic mass is 10.2. The molecule has 7 N–H and O–H groups in total. The van der Waals surface area contributed by atoms with Gasteiger partial charge in [0.2, 0.25) is 0 Å². The van der Waals surface area contributed by atoms with E-state index in [1.165, 1.54) is 12.1 Å². The van der Waals surface area contributed by atoms with Crippen molar-refractivity contribution in [3.05, 3.63) is 30.3 Å². The Balaban J connectivity index is 0.000000796. The quantitative estimate of drug-likeness (QED) is 0.166. The van der Waals surface area contributed by atoms with Gasteiger partial charge in [-0.3, -0.25) is 5.41 Å². The summed E-state index contributed by atoms with van der Waals surface area (Å²) in [6.45, 7) is 0. The molecule has 0 bridgehead atoms. The number of nitrogens with one attached hydrogen (secondary N) is 1. The van der Waals surface area contributed by atoms with E-state index in [4.69, 9.17) is 15.6 Å². The molecule has 1 rings (SSSR count). The maximum atomic E-state index is 11.1. The number of benzene rings is 1. The van der Waals surface area contributed by atoms with Gasteiger partial charge in [-0.1, -0.05) is 18.2 Å². The number of carbonyl (C=O) groups excluding carboxylic acids is 2. The maximum Gasteiger partial charge on any atom is 0.343 e. The van der Waals surface area contributed by atoms with Crippen molar-refractivity contribution in [3.8, 4) is 5.75 Å². The van der Waals surface area contributed by atoms with Crippen LogP contribution in [-0.2, 0) is 9.59 Å². The minimum Gasteiger partial charge on any atom is -0.547 e. The first-order valence-corrected chi connectivity index (χ1v) is 5.19. The molecule has 9 heteroatoms. The molecule has 0 aliphatic heterocycles. The lowest BCUT2D eigenvalue weighted by Crippen LogP contribution is -2.48. The summed E-state index contributed by atoms with van der Waals surface area (Å²) in [5.74, 6) is -3.41.